The summed E-state index contributed by atoms with van der Waals surface area (Å²) in [7, 11) is 0. The van der Waals surface area contributed by atoms with Gasteiger partial charge in [-0.05, 0) is 12.5 Å². The predicted octanol–water partition coefficient (Wildman–Crippen LogP) is 3.39. The average molecular weight is 256 g/mol. The van der Waals surface area contributed by atoms with E-state index in [2.05, 4.69) is 15.9 Å². The Morgan fingerprint density at radius 2 is 2.14 bits per heavy atom. The predicted molar refractivity (Wildman–Crippen MR) is 60.5 cm³/mol. The van der Waals surface area contributed by atoms with Gasteiger partial charge in [0.05, 0.1) is 10.5 Å². The van der Waals surface area contributed by atoms with Gasteiger partial charge in [-0.25, -0.2) is 0 Å². The van der Waals surface area contributed by atoms with E-state index in [-0.39, 0.29) is 10.6 Å². The molecule has 0 saturated heterocycles. The molecule has 0 spiro atoms. The summed E-state index contributed by atoms with van der Waals surface area (Å²) in [6, 6.07) is 6.71. The number of hydrogen-bond donors (Lipinski definition) is 0. The lowest BCUT2D eigenvalue weighted by atomic mass is 10.1. The number of para-hydroxylation sites is 1. The molecule has 1 rings (SSSR count). The van der Waals surface area contributed by atoms with Gasteiger partial charge in [0.15, 0.2) is 0 Å². The van der Waals surface area contributed by atoms with Crippen molar-refractivity contribution in [3.8, 4) is 0 Å². The van der Waals surface area contributed by atoms with E-state index >= 15 is 0 Å². The summed E-state index contributed by atoms with van der Waals surface area (Å²) in [5, 5.41) is 11.5. The number of alkyl halides is 1. The molecule has 0 heterocycles. The topological polar surface area (TPSA) is 43.1 Å². The Hall–Kier alpha value is -1.16. The van der Waals surface area contributed by atoms with E-state index in [9.17, 15) is 10.1 Å². The second-order valence-corrected chi connectivity index (χ2v) is 3.49. The maximum atomic E-state index is 10.6. The second kappa shape index (κ2) is 5.54. The van der Waals surface area contributed by atoms with Crippen molar-refractivity contribution in [1.82, 2.24) is 0 Å². The molecule has 0 amide bonds. The first-order valence-electron chi connectivity index (χ1n) is 4.21. The van der Waals surface area contributed by atoms with E-state index < -0.39 is 0 Å². The Labute approximate surface area is 90.7 Å². The third-order valence-electron chi connectivity index (χ3n) is 1.71. The van der Waals surface area contributed by atoms with E-state index in [0.717, 1.165) is 11.8 Å². The molecular formula is C10H10BrNO2. The first kappa shape index (κ1) is 10.9. The first-order valence-corrected chi connectivity index (χ1v) is 5.34. The van der Waals surface area contributed by atoms with Crippen LogP contribution in [0.25, 0.3) is 6.08 Å². The van der Waals surface area contributed by atoms with Crippen molar-refractivity contribution in [1.29, 1.82) is 0 Å². The zero-order chi connectivity index (χ0) is 10.4. The molecule has 0 fully saturated rings. The monoisotopic (exact) mass is 255 g/mol. The van der Waals surface area contributed by atoms with Crippen molar-refractivity contribution < 1.29 is 4.92 Å². The molecule has 1 aromatic rings. The summed E-state index contributed by atoms with van der Waals surface area (Å²) >= 11 is 3.29. The second-order valence-electron chi connectivity index (χ2n) is 2.70. The summed E-state index contributed by atoms with van der Waals surface area (Å²) < 4.78 is 0. The van der Waals surface area contributed by atoms with Crippen LogP contribution in [0.3, 0.4) is 0 Å². The van der Waals surface area contributed by atoms with Crippen molar-refractivity contribution in [3.05, 3.63) is 46.0 Å². The molecule has 0 aliphatic rings. The van der Waals surface area contributed by atoms with Gasteiger partial charge in [0.1, 0.15) is 0 Å². The Morgan fingerprint density at radius 3 is 2.79 bits per heavy atom. The Kier molecular flexibility index (Phi) is 4.32. The molecule has 0 atom stereocenters. The Balaban J connectivity index is 2.90. The summed E-state index contributed by atoms with van der Waals surface area (Å²) in [6.07, 6.45) is 4.56. The minimum absolute atomic E-state index is 0.151. The minimum atomic E-state index is -0.367. The van der Waals surface area contributed by atoms with Gasteiger partial charge in [-0.1, -0.05) is 40.2 Å². The summed E-state index contributed by atoms with van der Waals surface area (Å²) in [4.78, 5) is 10.2. The molecular weight excluding hydrogens is 246 g/mol. The standard InChI is InChI=1S/C10H10BrNO2/c11-8-4-3-6-9-5-1-2-7-10(9)12(13)14/h1-3,5-7H,4,8H2. The van der Waals surface area contributed by atoms with Gasteiger partial charge in [-0.2, -0.15) is 0 Å². The fraction of sp³-hybridized carbons (Fsp3) is 0.200. The van der Waals surface area contributed by atoms with Crippen molar-refractivity contribution >= 4 is 27.7 Å². The quantitative estimate of drug-likeness (QED) is 0.470. The first-order chi connectivity index (χ1) is 6.75. The highest BCUT2D eigenvalue weighted by molar-refractivity contribution is 9.09. The number of benzene rings is 1. The van der Waals surface area contributed by atoms with Crippen LogP contribution in [-0.4, -0.2) is 10.3 Å². The summed E-state index contributed by atoms with van der Waals surface area (Å²) in [5.74, 6) is 0. The number of allylic oxidation sites excluding steroid dienone is 1. The molecule has 0 aliphatic carbocycles. The van der Waals surface area contributed by atoms with Crippen LogP contribution in [0.5, 0.6) is 0 Å². The molecule has 0 aliphatic heterocycles. The van der Waals surface area contributed by atoms with Crippen LogP contribution < -0.4 is 0 Å². The van der Waals surface area contributed by atoms with Crippen LogP contribution in [0.4, 0.5) is 5.69 Å². The molecule has 0 aromatic heterocycles. The summed E-state index contributed by atoms with van der Waals surface area (Å²) in [6.45, 7) is 0. The zero-order valence-electron chi connectivity index (χ0n) is 7.52. The Morgan fingerprint density at radius 1 is 1.43 bits per heavy atom. The van der Waals surface area contributed by atoms with Crippen molar-refractivity contribution in [2.24, 2.45) is 0 Å². The van der Waals surface area contributed by atoms with Gasteiger partial charge in [0.2, 0.25) is 0 Å². The third-order valence-corrected chi connectivity index (χ3v) is 2.16. The van der Waals surface area contributed by atoms with Gasteiger partial charge in [-0.15, -0.1) is 0 Å². The van der Waals surface area contributed by atoms with E-state index in [1.807, 2.05) is 6.08 Å². The van der Waals surface area contributed by atoms with Crippen LogP contribution in [0.15, 0.2) is 30.3 Å². The van der Waals surface area contributed by atoms with Gasteiger partial charge in [0, 0.05) is 11.4 Å². The van der Waals surface area contributed by atoms with Crippen molar-refractivity contribution in [2.75, 3.05) is 5.33 Å². The number of nitro groups is 1. The third kappa shape index (κ3) is 2.96. The lowest BCUT2D eigenvalue weighted by Crippen LogP contribution is -1.90. The van der Waals surface area contributed by atoms with E-state index in [4.69, 9.17) is 0 Å². The van der Waals surface area contributed by atoms with Crippen molar-refractivity contribution in [3.63, 3.8) is 0 Å². The minimum Gasteiger partial charge on any atom is -0.258 e. The molecule has 0 N–H and O–H groups in total. The zero-order valence-corrected chi connectivity index (χ0v) is 9.11. The van der Waals surface area contributed by atoms with E-state index in [0.29, 0.717) is 5.56 Å². The van der Waals surface area contributed by atoms with Crippen LogP contribution in [-0.2, 0) is 0 Å². The fourth-order valence-electron chi connectivity index (χ4n) is 1.07. The van der Waals surface area contributed by atoms with Gasteiger partial charge in [-0.3, -0.25) is 10.1 Å². The molecule has 1 aromatic carbocycles. The molecule has 14 heavy (non-hydrogen) atoms. The Bertz CT molecular complexity index is 350. The van der Waals surface area contributed by atoms with E-state index in [1.165, 1.54) is 6.07 Å². The van der Waals surface area contributed by atoms with Crippen LogP contribution in [0.1, 0.15) is 12.0 Å². The molecule has 74 valence electrons. The van der Waals surface area contributed by atoms with Crippen LogP contribution in [0.2, 0.25) is 0 Å². The maximum absolute atomic E-state index is 10.6. The highest BCUT2D eigenvalue weighted by Gasteiger charge is 2.08. The van der Waals surface area contributed by atoms with E-state index in [1.54, 1.807) is 24.3 Å². The number of halogens is 1. The van der Waals surface area contributed by atoms with Crippen molar-refractivity contribution in [2.45, 2.75) is 6.42 Å². The van der Waals surface area contributed by atoms with Gasteiger partial charge >= 0.3 is 0 Å². The number of nitro benzene ring substituents is 1. The fourth-order valence-corrected chi connectivity index (χ4v) is 1.33. The number of nitrogens with zero attached hydrogens (tertiary/aromatic N) is 1. The molecule has 0 bridgehead atoms. The lowest BCUT2D eigenvalue weighted by molar-refractivity contribution is -0.385. The number of rotatable bonds is 4. The normalized spacial score (nSPS) is 10.6. The number of hydrogen-bond acceptors (Lipinski definition) is 2. The lowest BCUT2D eigenvalue weighted by Gasteiger charge is -1.95. The molecule has 4 heteroatoms. The molecule has 3 nitrogen and oxygen atoms in total. The highest BCUT2D eigenvalue weighted by atomic mass is 79.9. The largest absolute Gasteiger partial charge is 0.276 e. The average Bonchev–Trinajstić information content (AvgIpc) is 2.19. The summed E-state index contributed by atoms with van der Waals surface area (Å²) in [5.41, 5.74) is 0.803. The smallest absolute Gasteiger partial charge is 0.258 e. The SMILES string of the molecule is O=[N+]([O-])c1ccccc1C=CCCBr. The van der Waals surface area contributed by atoms with Gasteiger partial charge < -0.3 is 0 Å². The molecule has 0 saturated carbocycles. The maximum Gasteiger partial charge on any atom is 0.276 e. The van der Waals surface area contributed by atoms with Gasteiger partial charge in [0.25, 0.3) is 5.69 Å². The molecule has 0 unspecified atom stereocenters. The van der Waals surface area contributed by atoms with Crippen LogP contribution >= 0.6 is 15.9 Å². The highest BCUT2D eigenvalue weighted by Crippen LogP contribution is 2.19. The van der Waals surface area contributed by atoms with Crippen LogP contribution in [0, 0.1) is 10.1 Å². The molecule has 0 radical (unpaired) electrons.